The Morgan fingerprint density at radius 3 is 2.73 bits per heavy atom. The van der Waals surface area contributed by atoms with Gasteiger partial charge in [-0.2, -0.15) is 0 Å². The van der Waals surface area contributed by atoms with Crippen molar-refractivity contribution in [2.24, 2.45) is 0 Å². The highest BCUT2D eigenvalue weighted by molar-refractivity contribution is 6.60. The van der Waals surface area contributed by atoms with E-state index in [-0.39, 0.29) is 11.0 Å². The highest BCUT2D eigenvalue weighted by atomic mass is 16.4. The second-order valence-corrected chi connectivity index (χ2v) is 2.00. The summed E-state index contributed by atoms with van der Waals surface area (Å²) in [5.74, 6) is 0. The summed E-state index contributed by atoms with van der Waals surface area (Å²) < 4.78 is 0. The number of aromatic nitrogens is 1. The molecule has 56 valence electrons. The topological polar surface area (TPSA) is 70.4 Å². The van der Waals surface area contributed by atoms with E-state index in [1.165, 1.54) is 18.5 Å². The van der Waals surface area contributed by atoms with Gasteiger partial charge in [0, 0.05) is 18.0 Å². The molecule has 0 aromatic carbocycles. The third kappa shape index (κ3) is 1.63. The van der Waals surface area contributed by atoms with Crippen LogP contribution in [0.1, 0.15) is 10.4 Å². The van der Waals surface area contributed by atoms with E-state index in [9.17, 15) is 4.79 Å². The summed E-state index contributed by atoms with van der Waals surface area (Å²) >= 11 is 0. The van der Waals surface area contributed by atoms with Crippen molar-refractivity contribution in [3.8, 4) is 0 Å². The van der Waals surface area contributed by atoms with Crippen molar-refractivity contribution in [3.05, 3.63) is 24.0 Å². The van der Waals surface area contributed by atoms with E-state index in [0.717, 1.165) is 0 Å². The van der Waals surface area contributed by atoms with Gasteiger partial charge >= 0.3 is 7.12 Å². The van der Waals surface area contributed by atoms with Crippen LogP contribution in [0.5, 0.6) is 0 Å². The monoisotopic (exact) mass is 151 g/mol. The number of pyridine rings is 1. The quantitative estimate of drug-likeness (QED) is 0.401. The van der Waals surface area contributed by atoms with E-state index in [2.05, 4.69) is 4.98 Å². The molecule has 0 bridgehead atoms. The molecule has 0 atom stereocenters. The Labute approximate surface area is 63.7 Å². The lowest BCUT2D eigenvalue weighted by Crippen LogP contribution is -2.32. The van der Waals surface area contributed by atoms with Gasteiger partial charge in [-0.05, 0) is 11.5 Å². The normalized spacial score (nSPS) is 9.27. The fourth-order valence-electron chi connectivity index (χ4n) is 0.751. The first-order valence-electron chi connectivity index (χ1n) is 3.01. The minimum absolute atomic E-state index is 0.176. The van der Waals surface area contributed by atoms with Gasteiger partial charge in [0.25, 0.3) is 0 Å². The summed E-state index contributed by atoms with van der Waals surface area (Å²) in [5, 5.41) is 17.4. The number of carbonyl (C=O) groups is 1. The average Bonchev–Trinajstić information content (AvgIpc) is 2.04. The van der Waals surface area contributed by atoms with Crippen LogP contribution in [0, 0.1) is 0 Å². The van der Waals surface area contributed by atoms with Crippen LogP contribution in [0.3, 0.4) is 0 Å². The van der Waals surface area contributed by atoms with Gasteiger partial charge < -0.3 is 10.0 Å². The van der Waals surface area contributed by atoms with Gasteiger partial charge in [0.15, 0.2) is 6.29 Å². The maximum atomic E-state index is 10.3. The Bertz CT molecular complexity index is 264. The van der Waals surface area contributed by atoms with Gasteiger partial charge in [0.2, 0.25) is 0 Å². The highest BCUT2D eigenvalue weighted by Crippen LogP contribution is 1.88. The van der Waals surface area contributed by atoms with E-state index < -0.39 is 7.12 Å². The molecule has 0 saturated heterocycles. The molecule has 0 radical (unpaired) electrons. The van der Waals surface area contributed by atoms with Crippen molar-refractivity contribution >= 4 is 18.9 Å². The van der Waals surface area contributed by atoms with Crippen LogP contribution in [0.2, 0.25) is 0 Å². The Morgan fingerprint density at radius 1 is 1.55 bits per heavy atom. The number of hydrogen-bond acceptors (Lipinski definition) is 4. The Balaban J connectivity index is 3.12. The van der Waals surface area contributed by atoms with Crippen LogP contribution in [0.25, 0.3) is 0 Å². The van der Waals surface area contributed by atoms with Crippen molar-refractivity contribution in [3.63, 3.8) is 0 Å². The molecule has 0 spiro atoms. The van der Waals surface area contributed by atoms with Crippen molar-refractivity contribution < 1.29 is 14.8 Å². The number of rotatable bonds is 2. The SMILES string of the molecule is O=Cc1cnccc1B(O)O. The molecule has 0 aliphatic rings. The van der Waals surface area contributed by atoms with Crippen molar-refractivity contribution in [2.45, 2.75) is 0 Å². The van der Waals surface area contributed by atoms with Crippen LogP contribution in [0.15, 0.2) is 18.5 Å². The summed E-state index contributed by atoms with van der Waals surface area (Å²) in [6.07, 6.45) is 3.20. The molecule has 0 aliphatic heterocycles. The van der Waals surface area contributed by atoms with Gasteiger partial charge in [-0.25, -0.2) is 0 Å². The Kier molecular flexibility index (Phi) is 2.35. The summed E-state index contributed by atoms with van der Waals surface area (Å²) in [6.45, 7) is 0. The van der Waals surface area contributed by atoms with Crippen molar-refractivity contribution in [1.29, 1.82) is 0 Å². The van der Waals surface area contributed by atoms with Crippen LogP contribution < -0.4 is 5.46 Å². The summed E-state index contributed by atoms with van der Waals surface area (Å²) in [6, 6.07) is 1.38. The zero-order valence-electron chi connectivity index (χ0n) is 5.64. The van der Waals surface area contributed by atoms with Gasteiger partial charge in [0.05, 0.1) is 0 Å². The van der Waals surface area contributed by atoms with E-state index in [1.54, 1.807) is 0 Å². The highest BCUT2D eigenvalue weighted by Gasteiger charge is 2.14. The predicted molar refractivity (Wildman–Crippen MR) is 39.5 cm³/mol. The predicted octanol–water partition coefficient (Wildman–Crippen LogP) is -1.43. The fourth-order valence-corrected chi connectivity index (χ4v) is 0.751. The molecule has 4 nitrogen and oxygen atoms in total. The molecule has 1 aromatic rings. The number of hydrogen-bond donors (Lipinski definition) is 2. The molecule has 1 aromatic heterocycles. The second kappa shape index (κ2) is 3.27. The molecule has 1 heterocycles. The van der Waals surface area contributed by atoms with Gasteiger partial charge in [-0.1, -0.05) is 0 Å². The summed E-state index contributed by atoms with van der Waals surface area (Å²) in [7, 11) is -1.61. The van der Waals surface area contributed by atoms with E-state index in [4.69, 9.17) is 10.0 Å². The smallest absolute Gasteiger partial charge is 0.423 e. The minimum atomic E-state index is -1.61. The van der Waals surface area contributed by atoms with Gasteiger partial charge in [-0.15, -0.1) is 0 Å². The van der Waals surface area contributed by atoms with Crippen LogP contribution >= 0.6 is 0 Å². The fraction of sp³-hybridized carbons (Fsp3) is 0. The zero-order chi connectivity index (χ0) is 8.27. The van der Waals surface area contributed by atoms with Crippen LogP contribution in [0.4, 0.5) is 0 Å². The largest absolute Gasteiger partial charge is 0.489 e. The molecular weight excluding hydrogens is 145 g/mol. The molecule has 0 fully saturated rings. The number of carbonyl (C=O) groups excluding carboxylic acids is 1. The first-order chi connectivity index (χ1) is 5.25. The van der Waals surface area contributed by atoms with Crippen molar-refractivity contribution in [2.75, 3.05) is 0 Å². The minimum Gasteiger partial charge on any atom is -0.423 e. The molecule has 0 saturated carbocycles. The Morgan fingerprint density at radius 2 is 2.27 bits per heavy atom. The molecular formula is C6H6BNO3. The van der Waals surface area contributed by atoms with Crippen LogP contribution in [-0.4, -0.2) is 28.4 Å². The summed E-state index contributed by atoms with van der Waals surface area (Å²) in [5.41, 5.74) is 0.373. The number of aldehydes is 1. The molecule has 2 N–H and O–H groups in total. The van der Waals surface area contributed by atoms with Gasteiger partial charge in [0.1, 0.15) is 0 Å². The van der Waals surface area contributed by atoms with Gasteiger partial charge in [-0.3, -0.25) is 9.78 Å². The van der Waals surface area contributed by atoms with E-state index in [1.807, 2.05) is 0 Å². The lowest BCUT2D eigenvalue weighted by molar-refractivity contribution is 0.112. The molecule has 0 unspecified atom stereocenters. The zero-order valence-corrected chi connectivity index (χ0v) is 5.64. The first kappa shape index (κ1) is 7.91. The lowest BCUT2D eigenvalue weighted by Gasteiger charge is -1.99. The molecule has 0 aliphatic carbocycles. The maximum absolute atomic E-state index is 10.3. The average molecular weight is 151 g/mol. The maximum Gasteiger partial charge on any atom is 0.489 e. The van der Waals surface area contributed by atoms with E-state index in [0.29, 0.717) is 6.29 Å². The lowest BCUT2D eigenvalue weighted by atomic mass is 9.78. The first-order valence-corrected chi connectivity index (χ1v) is 3.01. The standard InChI is InChI=1S/C6H6BNO3/c9-4-5-3-8-2-1-6(5)7(10)11/h1-4,10-11H. The number of nitrogens with zero attached hydrogens (tertiary/aromatic N) is 1. The molecule has 11 heavy (non-hydrogen) atoms. The van der Waals surface area contributed by atoms with E-state index >= 15 is 0 Å². The third-order valence-corrected chi connectivity index (χ3v) is 1.29. The molecule has 1 rings (SSSR count). The second-order valence-electron chi connectivity index (χ2n) is 2.00. The molecule has 0 amide bonds. The van der Waals surface area contributed by atoms with Crippen LogP contribution in [-0.2, 0) is 0 Å². The molecule has 5 heteroatoms. The van der Waals surface area contributed by atoms with Crippen molar-refractivity contribution in [1.82, 2.24) is 4.98 Å². The Hall–Kier alpha value is -1.20. The summed E-state index contributed by atoms with van der Waals surface area (Å²) in [4.78, 5) is 13.9. The third-order valence-electron chi connectivity index (χ3n) is 1.29.